The first-order valence-corrected chi connectivity index (χ1v) is 12.5. The van der Waals surface area contributed by atoms with Crippen molar-refractivity contribution in [2.75, 3.05) is 26.6 Å². The van der Waals surface area contributed by atoms with E-state index in [9.17, 15) is 13.2 Å². The van der Waals surface area contributed by atoms with Crippen molar-refractivity contribution in [2.24, 2.45) is 0 Å². The van der Waals surface area contributed by atoms with Crippen LogP contribution in [-0.2, 0) is 27.6 Å². The lowest BCUT2D eigenvalue weighted by Gasteiger charge is -2.14. The van der Waals surface area contributed by atoms with E-state index in [4.69, 9.17) is 26.4 Å². The molecule has 3 N–H and O–H groups in total. The van der Waals surface area contributed by atoms with Gasteiger partial charge in [0.1, 0.15) is 5.00 Å². The fraction of sp³-hybridized carbons (Fsp3) is 0.400. The molecule has 12 heteroatoms. The van der Waals surface area contributed by atoms with Gasteiger partial charge in [0.05, 0.1) is 31.8 Å². The molecule has 0 spiro atoms. The Kier molecular flexibility index (Phi) is 7.93. The van der Waals surface area contributed by atoms with Gasteiger partial charge in [-0.05, 0) is 55.6 Å². The van der Waals surface area contributed by atoms with E-state index >= 15 is 0 Å². The van der Waals surface area contributed by atoms with Crippen LogP contribution < -0.4 is 25.0 Å². The van der Waals surface area contributed by atoms with Gasteiger partial charge in [-0.15, -0.1) is 16.2 Å². The van der Waals surface area contributed by atoms with Gasteiger partial charge in [-0.2, -0.15) is 0 Å². The van der Waals surface area contributed by atoms with E-state index < -0.39 is 16.0 Å². The van der Waals surface area contributed by atoms with Crippen molar-refractivity contribution in [3.63, 3.8) is 0 Å². The molecule has 0 saturated heterocycles. The smallest absolute Gasteiger partial charge is 0.341 e. The molecule has 1 aliphatic rings. The number of methoxy groups -OCH3 is 3. The molecule has 0 atom stereocenters. The van der Waals surface area contributed by atoms with Crippen LogP contribution in [0.4, 0.5) is 5.00 Å². The molecule has 0 amide bonds. The number of thiophene rings is 1. The number of ether oxygens (including phenoxy) is 3. The molecular formula is C20H25N3O6S3. The normalized spacial score (nSPS) is 13.5. The summed E-state index contributed by atoms with van der Waals surface area (Å²) in [6.07, 6.45) is 4.85. The van der Waals surface area contributed by atoms with E-state index in [-0.39, 0.29) is 15.8 Å². The lowest BCUT2D eigenvalue weighted by Crippen LogP contribution is -2.43. The highest BCUT2D eigenvalue weighted by Gasteiger charge is 2.26. The topological polar surface area (TPSA) is 115 Å². The maximum absolute atomic E-state index is 12.6. The number of fused-ring (bicyclic) bond motifs is 1. The van der Waals surface area contributed by atoms with Gasteiger partial charge >= 0.3 is 5.97 Å². The van der Waals surface area contributed by atoms with Crippen LogP contribution in [-0.4, -0.2) is 40.8 Å². The molecule has 2 aromatic rings. The summed E-state index contributed by atoms with van der Waals surface area (Å²) in [5.41, 5.74) is 3.92. The predicted octanol–water partition coefficient (Wildman–Crippen LogP) is 3.00. The highest BCUT2D eigenvalue weighted by molar-refractivity contribution is 7.89. The summed E-state index contributed by atoms with van der Waals surface area (Å²) in [5.74, 6) is 0.240. The van der Waals surface area contributed by atoms with Crippen LogP contribution in [0.3, 0.4) is 0 Å². The summed E-state index contributed by atoms with van der Waals surface area (Å²) in [6, 6.07) is 4.21. The van der Waals surface area contributed by atoms with Crippen LogP contribution in [0.25, 0.3) is 0 Å². The number of hydrogen-bond acceptors (Lipinski definition) is 8. The maximum atomic E-state index is 12.6. The summed E-state index contributed by atoms with van der Waals surface area (Å²) < 4.78 is 40.5. The Bertz CT molecular complexity index is 1110. The highest BCUT2D eigenvalue weighted by Crippen LogP contribution is 2.38. The second-order valence-electron chi connectivity index (χ2n) is 6.96. The van der Waals surface area contributed by atoms with Crippen molar-refractivity contribution in [1.82, 2.24) is 10.3 Å². The van der Waals surface area contributed by atoms with Gasteiger partial charge in [0.2, 0.25) is 0 Å². The van der Waals surface area contributed by atoms with Crippen molar-refractivity contribution >= 4 is 49.7 Å². The van der Waals surface area contributed by atoms with Crippen LogP contribution in [0.15, 0.2) is 23.1 Å². The molecule has 1 aromatic heterocycles. The first-order chi connectivity index (χ1) is 15.3. The molecule has 0 aliphatic heterocycles. The van der Waals surface area contributed by atoms with Crippen molar-refractivity contribution in [2.45, 2.75) is 37.0 Å². The molecule has 0 unspecified atom stereocenters. The van der Waals surface area contributed by atoms with Gasteiger partial charge in [-0.25, -0.2) is 13.2 Å². The monoisotopic (exact) mass is 499 g/mol. The number of anilines is 1. The summed E-state index contributed by atoms with van der Waals surface area (Å²) >= 11 is 6.69. The van der Waals surface area contributed by atoms with Crippen LogP contribution >= 0.6 is 23.6 Å². The highest BCUT2D eigenvalue weighted by atomic mass is 32.2. The maximum Gasteiger partial charge on any atom is 0.341 e. The first-order valence-electron chi connectivity index (χ1n) is 9.84. The third-order valence-electron chi connectivity index (χ3n) is 5.00. The summed E-state index contributed by atoms with van der Waals surface area (Å²) in [5, 5.41) is 3.46. The zero-order valence-electron chi connectivity index (χ0n) is 17.9. The molecule has 0 bridgehead atoms. The number of hydrazine groups is 1. The SMILES string of the molecule is COC(=O)c1c(NC(=S)NNS(=O)(=O)c2ccc(OC)c(OC)c2)sc2c1CCCCC2. The quantitative estimate of drug-likeness (QED) is 0.229. The zero-order chi connectivity index (χ0) is 23.3. The standard InChI is InChI=1S/C20H25N3O6S3/c1-27-14-10-9-12(11-15(14)28-2)32(25,26)23-22-20(30)21-18-17(19(24)29-3)13-7-5-4-6-8-16(13)31-18/h9-11,23H,4-8H2,1-3H3,(H2,21,22,30). The van der Waals surface area contributed by atoms with Crippen LogP contribution in [0.1, 0.15) is 40.1 Å². The summed E-state index contributed by atoms with van der Waals surface area (Å²) in [4.78, 5) is 15.7. The van der Waals surface area contributed by atoms with Crippen LogP contribution in [0.2, 0.25) is 0 Å². The fourth-order valence-electron chi connectivity index (χ4n) is 3.44. The van der Waals surface area contributed by atoms with Gasteiger partial charge in [0.15, 0.2) is 16.6 Å². The van der Waals surface area contributed by atoms with Crippen molar-refractivity contribution < 1.29 is 27.4 Å². The van der Waals surface area contributed by atoms with Crippen molar-refractivity contribution in [1.29, 1.82) is 0 Å². The molecule has 3 rings (SSSR count). The van der Waals surface area contributed by atoms with E-state index in [1.54, 1.807) is 0 Å². The van der Waals surface area contributed by atoms with E-state index in [2.05, 4.69) is 15.6 Å². The number of carbonyl (C=O) groups excluding carboxylic acids is 1. The van der Waals surface area contributed by atoms with Gasteiger partial charge in [-0.1, -0.05) is 6.42 Å². The molecule has 9 nitrogen and oxygen atoms in total. The first kappa shape index (κ1) is 24.2. The Labute approximate surface area is 196 Å². The molecule has 32 heavy (non-hydrogen) atoms. The number of benzene rings is 1. The summed E-state index contributed by atoms with van der Waals surface area (Å²) in [6.45, 7) is 0. The predicted molar refractivity (Wildman–Crippen MR) is 126 cm³/mol. The van der Waals surface area contributed by atoms with Gasteiger partial charge in [0.25, 0.3) is 10.0 Å². The van der Waals surface area contributed by atoms with Crippen molar-refractivity contribution in [3.8, 4) is 11.5 Å². The molecular weight excluding hydrogens is 474 g/mol. The number of aryl methyl sites for hydroxylation is 1. The van der Waals surface area contributed by atoms with E-state index in [0.29, 0.717) is 16.3 Å². The Morgan fingerprint density at radius 1 is 1.06 bits per heavy atom. The minimum absolute atomic E-state index is 0.00406. The van der Waals surface area contributed by atoms with E-state index in [1.807, 2.05) is 0 Å². The lowest BCUT2D eigenvalue weighted by molar-refractivity contribution is 0.0601. The molecule has 1 aliphatic carbocycles. The third kappa shape index (κ3) is 5.31. The van der Waals surface area contributed by atoms with Crippen molar-refractivity contribution in [3.05, 3.63) is 34.2 Å². The number of thiocarbonyl (C=S) groups is 1. The largest absolute Gasteiger partial charge is 0.493 e. The second-order valence-corrected chi connectivity index (χ2v) is 10.2. The minimum atomic E-state index is -3.96. The van der Waals surface area contributed by atoms with E-state index in [1.165, 1.54) is 50.9 Å². The molecule has 0 saturated carbocycles. The zero-order valence-corrected chi connectivity index (χ0v) is 20.4. The minimum Gasteiger partial charge on any atom is -0.493 e. The van der Waals surface area contributed by atoms with Crippen LogP contribution in [0.5, 0.6) is 11.5 Å². The average molecular weight is 500 g/mol. The average Bonchev–Trinajstić information content (AvgIpc) is 2.96. The van der Waals surface area contributed by atoms with E-state index in [0.717, 1.165) is 42.5 Å². The number of carbonyl (C=O) groups is 1. The number of rotatable bonds is 7. The summed E-state index contributed by atoms with van der Waals surface area (Å²) in [7, 11) is 0.256. The number of nitrogens with one attached hydrogen (secondary N) is 3. The molecule has 174 valence electrons. The Morgan fingerprint density at radius 2 is 1.78 bits per heavy atom. The Hall–Kier alpha value is -2.41. The molecule has 1 aromatic carbocycles. The molecule has 1 heterocycles. The second kappa shape index (κ2) is 10.5. The lowest BCUT2D eigenvalue weighted by atomic mass is 10.1. The molecule has 0 radical (unpaired) electrons. The number of sulfonamides is 1. The Morgan fingerprint density at radius 3 is 2.47 bits per heavy atom. The Balaban J connectivity index is 1.74. The number of hydrogen-bond donors (Lipinski definition) is 3. The van der Waals surface area contributed by atoms with Gasteiger partial charge in [0, 0.05) is 10.9 Å². The van der Waals surface area contributed by atoms with Crippen LogP contribution in [0, 0.1) is 0 Å². The molecule has 0 fully saturated rings. The third-order valence-corrected chi connectivity index (χ3v) is 7.66. The van der Waals surface area contributed by atoms with Gasteiger partial charge in [-0.3, -0.25) is 5.43 Å². The fourth-order valence-corrected chi connectivity index (χ4v) is 5.87. The number of esters is 1. The van der Waals surface area contributed by atoms with Gasteiger partial charge < -0.3 is 19.5 Å².